The number of nitrogens with zero attached hydrogens (tertiary/aromatic N) is 1. The van der Waals surface area contributed by atoms with E-state index < -0.39 is 0 Å². The van der Waals surface area contributed by atoms with E-state index in [1.54, 1.807) is 7.11 Å². The second-order valence-corrected chi connectivity index (χ2v) is 5.41. The number of aromatic nitrogens is 1. The molecule has 0 saturated carbocycles. The second-order valence-electron chi connectivity index (χ2n) is 5.41. The molecule has 4 heteroatoms. The minimum atomic E-state index is 0.0449. The van der Waals surface area contributed by atoms with Crippen molar-refractivity contribution in [1.82, 2.24) is 5.16 Å². The zero-order valence-electron chi connectivity index (χ0n) is 13.2. The molecule has 0 fully saturated rings. The molecule has 0 spiro atoms. The molecule has 0 aliphatic heterocycles. The number of rotatable bonds is 5. The van der Waals surface area contributed by atoms with E-state index in [4.69, 9.17) is 9.26 Å². The van der Waals surface area contributed by atoms with Gasteiger partial charge in [-0.05, 0) is 31.2 Å². The highest BCUT2D eigenvalue weighted by molar-refractivity contribution is 5.73. The van der Waals surface area contributed by atoms with Crippen LogP contribution in [0.4, 0.5) is 0 Å². The summed E-state index contributed by atoms with van der Waals surface area (Å²) in [7, 11) is 1.64. The zero-order valence-corrected chi connectivity index (χ0v) is 13.2. The Labute approximate surface area is 135 Å². The molecule has 0 unspecified atom stereocenters. The first-order valence-corrected chi connectivity index (χ1v) is 7.54. The predicted octanol–water partition coefficient (Wildman–Crippen LogP) is 3.86. The first kappa shape index (κ1) is 15.3. The minimum Gasteiger partial charge on any atom is -0.497 e. The average Bonchev–Trinajstić information content (AvgIpc) is 3.00. The van der Waals surface area contributed by atoms with Gasteiger partial charge in [-0.2, -0.15) is 0 Å². The van der Waals surface area contributed by atoms with Gasteiger partial charge in [0.25, 0.3) is 0 Å². The molecule has 23 heavy (non-hydrogen) atoms. The number of aryl methyl sites for hydroxylation is 1. The number of hydrogen-bond acceptors (Lipinski definition) is 4. The summed E-state index contributed by atoms with van der Waals surface area (Å²) in [4.78, 5) is 0. The Morgan fingerprint density at radius 1 is 1.00 bits per heavy atom. The normalized spacial score (nSPS) is 10.7. The lowest BCUT2D eigenvalue weighted by Gasteiger charge is -2.04. The number of benzene rings is 2. The fraction of sp³-hybridized carbons (Fsp3) is 0.211. The summed E-state index contributed by atoms with van der Waals surface area (Å²) in [6, 6.07) is 15.7. The van der Waals surface area contributed by atoms with Gasteiger partial charge in [-0.25, -0.2) is 0 Å². The summed E-state index contributed by atoms with van der Waals surface area (Å²) >= 11 is 0. The van der Waals surface area contributed by atoms with Gasteiger partial charge in [-0.15, -0.1) is 0 Å². The summed E-state index contributed by atoms with van der Waals surface area (Å²) in [5, 5.41) is 13.6. The maximum absolute atomic E-state index is 9.42. The number of hydrogen-bond donors (Lipinski definition) is 1. The fourth-order valence-electron chi connectivity index (χ4n) is 2.56. The standard InChI is InChI=1S/C19H19NO3/c1-13-3-5-15(6-4-13)19-17(11-12-21)18(20-23-19)14-7-9-16(22-2)10-8-14/h3-10,21H,11-12H2,1-2H3. The molecule has 0 aliphatic carbocycles. The molecule has 4 nitrogen and oxygen atoms in total. The maximum atomic E-state index is 9.42. The smallest absolute Gasteiger partial charge is 0.170 e. The van der Waals surface area contributed by atoms with E-state index in [-0.39, 0.29) is 6.61 Å². The number of aliphatic hydroxyl groups excluding tert-OH is 1. The molecule has 0 radical (unpaired) electrons. The molecule has 1 heterocycles. The van der Waals surface area contributed by atoms with Gasteiger partial charge in [-0.1, -0.05) is 35.0 Å². The highest BCUT2D eigenvalue weighted by atomic mass is 16.5. The van der Waals surface area contributed by atoms with Crippen molar-refractivity contribution in [2.45, 2.75) is 13.3 Å². The molecule has 118 valence electrons. The Bertz CT molecular complexity index is 773. The highest BCUT2D eigenvalue weighted by Crippen LogP contribution is 2.33. The topological polar surface area (TPSA) is 55.5 Å². The Morgan fingerprint density at radius 2 is 1.65 bits per heavy atom. The van der Waals surface area contributed by atoms with E-state index in [1.165, 1.54) is 5.56 Å². The zero-order chi connectivity index (χ0) is 16.2. The SMILES string of the molecule is COc1ccc(-c2noc(-c3ccc(C)cc3)c2CCO)cc1. The van der Waals surface area contributed by atoms with Crippen LogP contribution < -0.4 is 4.74 Å². The van der Waals surface area contributed by atoms with Crippen LogP contribution in [0.2, 0.25) is 0 Å². The van der Waals surface area contributed by atoms with Crippen molar-refractivity contribution in [3.8, 4) is 28.3 Å². The van der Waals surface area contributed by atoms with Crippen molar-refractivity contribution in [2.75, 3.05) is 13.7 Å². The first-order chi connectivity index (χ1) is 11.2. The van der Waals surface area contributed by atoms with Gasteiger partial charge >= 0.3 is 0 Å². The van der Waals surface area contributed by atoms with Crippen LogP contribution >= 0.6 is 0 Å². The Kier molecular flexibility index (Phi) is 4.44. The van der Waals surface area contributed by atoms with Crippen molar-refractivity contribution in [2.24, 2.45) is 0 Å². The molecule has 1 N–H and O–H groups in total. The van der Waals surface area contributed by atoms with E-state index in [0.29, 0.717) is 12.2 Å². The lowest BCUT2D eigenvalue weighted by Crippen LogP contribution is -1.94. The fourth-order valence-corrected chi connectivity index (χ4v) is 2.56. The monoisotopic (exact) mass is 309 g/mol. The molecule has 3 rings (SSSR count). The molecule has 1 aromatic heterocycles. The van der Waals surface area contributed by atoms with E-state index in [0.717, 1.165) is 28.1 Å². The van der Waals surface area contributed by atoms with Crippen LogP contribution in [0.1, 0.15) is 11.1 Å². The molecule has 3 aromatic rings. The summed E-state index contributed by atoms with van der Waals surface area (Å²) in [6.45, 7) is 2.09. The van der Waals surface area contributed by atoms with Crippen LogP contribution in [0.5, 0.6) is 5.75 Å². The van der Waals surface area contributed by atoms with Gasteiger partial charge in [0.2, 0.25) is 0 Å². The van der Waals surface area contributed by atoms with Gasteiger partial charge in [0.1, 0.15) is 11.4 Å². The van der Waals surface area contributed by atoms with Crippen molar-refractivity contribution in [3.05, 3.63) is 59.7 Å². The minimum absolute atomic E-state index is 0.0449. The van der Waals surface area contributed by atoms with Gasteiger partial charge in [0.15, 0.2) is 5.76 Å². The highest BCUT2D eigenvalue weighted by Gasteiger charge is 2.18. The third kappa shape index (κ3) is 3.12. The van der Waals surface area contributed by atoms with E-state index in [1.807, 2.05) is 55.5 Å². The van der Waals surface area contributed by atoms with Gasteiger partial charge in [-0.3, -0.25) is 0 Å². The van der Waals surface area contributed by atoms with Gasteiger partial charge in [0.05, 0.1) is 7.11 Å². The largest absolute Gasteiger partial charge is 0.497 e. The Morgan fingerprint density at radius 3 is 2.26 bits per heavy atom. The Balaban J connectivity index is 2.05. The first-order valence-electron chi connectivity index (χ1n) is 7.54. The number of ether oxygens (including phenoxy) is 1. The van der Waals surface area contributed by atoms with Gasteiger partial charge in [0, 0.05) is 29.7 Å². The summed E-state index contributed by atoms with van der Waals surface area (Å²) in [5.74, 6) is 1.50. The van der Waals surface area contributed by atoms with Crippen molar-refractivity contribution >= 4 is 0 Å². The van der Waals surface area contributed by atoms with Crippen LogP contribution in [0, 0.1) is 6.92 Å². The van der Waals surface area contributed by atoms with E-state index >= 15 is 0 Å². The average molecular weight is 309 g/mol. The molecule has 2 aromatic carbocycles. The van der Waals surface area contributed by atoms with E-state index in [2.05, 4.69) is 5.16 Å². The molecule has 0 bridgehead atoms. The predicted molar refractivity (Wildman–Crippen MR) is 89.5 cm³/mol. The molecule has 0 atom stereocenters. The summed E-state index contributed by atoms with van der Waals surface area (Å²) < 4.78 is 10.8. The molecule has 0 saturated heterocycles. The summed E-state index contributed by atoms with van der Waals surface area (Å²) in [6.07, 6.45) is 0.494. The lowest BCUT2D eigenvalue weighted by atomic mass is 10.00. The van der Waals surface area contributed by atoms with Crippen LogP contribution in [-0.2, 0) is 6.42 Å². The van der Waals surface area contributed by atoms with Crippen LogP contribution in [0.3, 0.4) is 0 Å². The van der Waals surface area contributed by atoms with Crippen molar-refractivity contribution < 1.29 is 14.4 Å². The molecular weight excluding hydrogens is 290 g/mol. The van der Waals surface area contributed by atoms with Gasteiger partial charge < -0.3 is 14.4 Å². The quantitative estimate of drug-likeness (QED) is 0.777. The van der Waals surface area contributed by atoms with E-state index in [9.17, 15) is 5.11 Å². The molecular formula is C19H19NO3. The van der Waals surface area contributed by atoms with Crippen molar-refractivity contribution in [3.63, 3.8) is 0 Å². The van der Waals surface area contributed by atoms with Crippen LogP contribution in [-0.4, -0.2) is 24.0 Å². The lowest BCUT2D eigenvalue weighted by molar-refractivity contribution is 0.299. The second kappa shape index (κ2) is 6.67. The van der Waals surface area contributed by atoms with Crippen molar-refractivity contribution in [1.29, 1.82) is 0 Å². The van der Waals surface area contributed by atoms with Crippen LogP contribution in [0.15, 0.2) is 53.1 Å². The molecule has 0 amide bonds. The third-order valence-corrected chi connectivity index (χ3v) is 3.83. The Hall–Kier alpha value is -2.59. The maximum Gasteiger partial charge on any atom is 0.170 e. The third-order valence-electron chi connectivity index (χ3n) is 3.83. The number of aliphatic hydroxyl groups is 1. The number of methoxy groups -OCH3 is 1. The molecule has 0 aliphatic rings. The van der Waals surface area contributed by atoms with Crippen LogP contribution in [0.25, 0.3) is 22.6 Å². The summed E-state index contributed by atoms with van der Waals surface area (Å²) in [5.41, 5.74) is 4.77.